The van der Waals surface area contributed by atoms with Gasteiger partial charge in [-0.2, -0.15) is 20.4 Å². The van der Waals surface area contributed by atoms with Crippen LogP contribution < -0.4 is 32.7 Å². The van der Waals surface area contributed by atoms with Crippen LogP contribution in [0.2, 0.25) is 20.1 Å². The summed E-state index contributed by atoms with van der Waals surface area (Å²) in [5.74, 6) is -0.296. The standard InChI is InChI=1S/C32H30ClN5O5.C26H19Cl2N3O.C26H20ClN3O.C20H23N3O/c1-2-3-5-10-25(34)32(40)43-28-18-23(38(41)42)15-16-24(28)27-19-29(39)35-31-30(21-11-13-22(33)14-12-21)26(36-37(27)31)17-20-8-6-4-7-9-20;1-16-13-20(28)11-12-21(16)23-15-24(32)29-26-25(18-7-9-19(27)10-8-18)22(30-31(23)26)14-17-5-3-2-4-6-17;1-17-7-5-6-10-21(17)23-16-24(31)28-26-25(19-11-13-20(27)14-12-19)22(29-30(23)26)15-18-8-3-2-4-9-18;1-13-8-6-7-11-16(13)17-12-18(24)21-20-19(14(2)22-23(17)20)15-9-4-3-5-10-15/h4,6-9,11-16,18-19,25H,2-3,5,10,17,34H2,1H3,(H,35,39);2-13,15H,14H2,1H3,(H,29,32);2-14,16H,15H2,1H3,(H,28,31);6-8,11-12,15H,3-5,9-10H2,1-2H3,(H,21,24)/t25-;;;/m0.../s1. The lowest BCUT2D eigenvalue weighted by Gasteiger charge is -2.21. The Kier molecular flexibility index (Phi) is 27.5. The molecule has 1 atom stereocenters. The molecule has 1 fully saturated rings. The Bertz CT molecular complexity index is 7450. The number of carbonyl (C=O) groups is 1. The maximum absolute atomic E-state index is 13.1. The first-order valence-corrected chi connectivity index (χ1v) is 44.6. The van der Waals surface area contributed by atoms with Gasteiger partial charge in [0.05, 0.1) is 56.5 Å². The fourth-order valence-electron chi connectivity index (χ4n) is 17.1. The number of H-pyrrole nitrogens is 4. The van der Waals surface area contributed by atoms with E-state index in [-0.39, 0.29) is 39.4 Å². The number of nitrogens with two attached hydrogens (primary N) is 1. The fraction of sp³-hybridized carbons (Fsp3) is 0.183. The van der Waals surface area contributed by atoms with Gasteiger partial charge in [-0.15, -0.1) is 0 Å². The van der Waals surface area contributed by atoms with Crippen LogP contribution in [0, 0.1) is 37.8 Å². The van der Waals surface area contributed by atoms with Crippen molar-refractivity contribution in [3.05, 3.63) is 406 Å². The number of carbonyl (C=O) groups excluding carboxylic acids is 1. The zero-order valence-electron chi connectivity index (χ0n) is 72.0. The molecule has 1 aliphatic rings. The Labute approximate surface area is 768 Å². The number of hydrogen-bond donors (Lipinski definition) is 5. The van der Waals surface area contributed by atoms with Crippen LogP contribution in [0.1, 0.15) is 132 Å². The van der Waals surface area contributed by atoms with Crippen molar-refractivity contribution >= 4 is 80.6 Å². The van der Waals surface area contributed by atoms with Crippen molar-refractivity contribution in [3.8, 4) is 84.2 Å². The number of unbranched alkanes of at least 4 members (excludes halogenated alkanes) is 2. The zero-order valence-corrected chi connectivity index (χ0v) is 75.0. The van der Waals surface area contributed by atoms with Crippen LogP contribution in [-0.4, -0.2) is 75.3 Å². The van der Waals surface area contributed by atoms with Crippen molar-refractivity contribution in [2.45, 2.75) is 124 Å². The van der Waals surface area contributed by atoms with Crippen molar-refractivity contribution < 1.29 is 14.5 Å². The Morgan fingerprint density at radius 2 is 0.792 bits per heavy atom. The summed E-state index contributed by atoms with van der Waals surface area (Å²) in [5, 5.41) is 33.8. The molecule has 0 unspecified atom stereocenters. The summed E-state index contributed by atoms with van der Waals surface area (Å²) in [5.41, 5.74) is 29.8. The van der Waals surface area contributed by atoms with Crippen LogP contribution >= 0.6 is 46.4 Å². The molecule has 26 heteroatoms. The van der Waals surface area contributed by atoms with Crippen LogP contribution in [0.25, 0.3) is 101 Å². The highest BCUT2D eigenvalue weighted by Crippen LogP contribution is 2.42. The average molecular weight is 1810 g/mol. The Morgan fingerprint density at radius 1 is 0.431 bits per heavy atom. The topological polar surface area (TPSA) is 296 Å². The quantitative estimate of drug-likeness (QED) is 0.0147. The summed E-state index contributed by atoms with van der Waals surface area (Å²) in [7, 11) is 0. The fourth-order valence-corrected chi connectivity index (χ4v) is 17.7. The monoisotopic (exact) mass is 1800 g/mol. The summed E-state index contributed by atoms with van der Waals surface area (Å²) in [6, 6.07) is 83.5. The van der Waals surface area contributed by atoms with E-state index < -0.39 is 22.5 Å². The number of non-ortho nitro benzene ring substituents is 1. The molecule has 6 N–H and O–H groups in total. The minimum absolute atomic E-state index is 0.0577. The van der Waals surface area contributed by atoms with Crippen molar-refractivity contribution in [2.75, 3.05) is 0 Å². The number of benzene rings is 10. The molecule has 0 bridgehead atoms. The summed E-state index contributed by atoms with van der Waals surface area (Å²) in [6.07, 6.45) is 11.0. The molecule has 8 heterocycles. The summed E-state index contributed by atoms with van der Waals surface area (Å²) < 4.78 is 12.8. The van der Waals surface area contributed by atoms with E-state index in [9.17, 15) is 34.1 Å². The number of aromatic nitrogens is 12. The number of nitro groups is 1. The molecule has 19 rings (SSSR count). The lowest BCUT2D eigenvalue weighted by atomic mass is 9.84. The average Bonchev–Trinajstić information content (AvgIpc) is 1.66. The number of fused-ring (bicyclic) bond motifs is 4. The van der Waals surface area contributed by atoms with Crippen LogP contribution in [0.3, 0.4) is 0 Å². The van der Waals surface area contributed by atoms with E-state index in [0.29, 0.717) is 85.6 Å². The van der Waals surface area contributed by atoms with E-state index in [1.807, 2.05) is 216 Å². The van der Waals surface area contributed by atoms with Crippen LogP contribution in [-0.2, 0) is 24.1 Å². The number of aromatic amines is 4. The summed E-state index contributed by atoms with van der Waals surface area (Å²) in [4.78, 5) is 86.8. The van der Waals surface area contributed by atoms with Crippen molar-refractivity contribution in [1.29, 1.82) is 0 Å². The molecular weight excluding hydrogens is 1720 g/mol. The SMILES string of the molecule is CCCCC[C@H](N)C(=O)Oc1cc([N+](=O)[O-])ccc1-c1cc(=O)[nH]c2c(-c3ccc(Cl)cc3)c(Cc3ccccc3)nn12.Cc1cc(Cl)ccc1-c1cc(=O)[nH]c2c(-c3ccc(Cl)cc3)c(Cc3ccccc3)nn12.Cc1ccccc1-c1cc(=O)[nH]c2c(-c3ccc(Cl)cc3)c(Cc3ccccc3)nn12.Cc1ccccc1-c1cc(=O)[nH]c2c(C3CCCCC3)c(C)nn12. The molecule has 18 aromatic rings. The number of nitrogens with zero attached hydrogens (tertiary/aromatic N) is 9. The number of rotatable bonds is 21. The number of halogens is 4. The van der Waals surface area contributed by atoms with Gasteiger partial charge in [-0.05, 0) is 158 Å². The van der Waals surface area contributed by atoms with E-state index in [1.165, 1.54) is 55.9 Å². The second-order valence-electron chi connectivity index (χ2n) is 32.5. The maximum atomic E-state index is 13.1. The molecule has 130 heavy (non-hydrogen) atoms. The number of nitrogens with one attached hydrogen (secondary N) is 4. The van der Waals surface area contributed by atoms with Crippen LogP contribution in [0.15, 0.2) is 292 Å². The first-order chi connectivity index (χ1) is 63.0. The van der Waals surface area contributed by atoms with Gasteiger partial charge < -0.3 is 30.4 Å². The molecule has 10 aromatic carbocycles. The van der Waals surface area contributed by atoms with E-state index >= 15 is 0 Å². The number of ether oxygens (including phenoxy) is 1. The minimum Gasteiger partial charge on any atom is -0.424 e. The molecule has 22 nitrogen and oxygen atoms in total. The number of nitro benzene ring substituents is 1. The lowest BCUT2D eigenvalue weighted by Crippen LogP contribution is -2.34. The van der Waals surface area contributed by atoms with Gasteiger partial charge in [0.25, 0.3) is 27.9 Å². The molecule has 1 aliphatic carbocycles. The smallest absolute Gasteiger partial charge is 0.328 e. The van der Waals surface area contributed by atoms with E-state index in [0.717, 1.165) is 137 Å². The maximum Gasteiger partial charge on any atom is 0.328 e. The lowest BCUT2D eigenvalue weighted by molar-refractivity contribution is -0.384. The first-order valence-electron chi connectivity index (χ1n) is 43.1. The molecule has 0 saturated heterocycles. The second kappa shape index (κ2) is 40.0. The third-order valence-corrected chi connectivity index (χ3v) is 24.4. The van der Waals surface area contributed by atoms with Crippen molar-refractivity contribution in [1.82, 2.24) is 58.4 Å². The minimum atomic E-state index is -0.906. The van der Waals surface area contributed by atoms with Gasteiger partial charge in [-0.1, -0.05) is 274 Å². The number of aryl methyl sites for hydroxylation is 4. The predicted molar refractivity (Wildman–Crippen MR) is 518 cm³/mol. The normalized spacial score (nSPS) is 12.3. The zero-order chi connectivity index (χ0) is 90.8. The number of esters is 1. The molecular formula is C104H92Cl4N14O8. The van der Waals surface area contributed by atoms with Gasteiger partial charge in [0.15, 0.2) is 0 Å². The number of hydrogen-bond acceptors (Lipinski definition) is 13. The third-order valence-electron chi connectivity index (χ3n) is 23.4. The molecule has 654 valence electrons. The highest BCUT2D eigenvalue weighted by atomic mass is 35.5. The van der Waals surface area contributed by atoms with Crippen molar-refractivity contribution in [3.63, 3.8) is 0 Å². The van der Waals surface area contributed by atoms with E-state index in [4.69, 9.17) is 77.3 Å². The molecule has 8 aromatic heterocycles. The summed E-state index contributed by atoms with van der Waals surface area (Å²) >= 11 is 24.6. The van der Waals surface area contributed by atoms with Crippen molar-refractivity contribution in [2.24, 2.45) is 5.73 Å². The molecule has 1 saturated carbocycles. The molecule has 0 spiro atoms. The molecule has 0 radical (unpaired) electrons. The van der Waals surface area contributed by atoms with Gasteiger partial charge >= 0.3 is 5.97 Å². The third kappa shape index (κ3) is 20.1. The molecule has 0 amide bonds. The Morgan fingerprint density at radius 3 is 1.18 bits per heavy atom. The predicted octanol–water partition coefficient (Wildman–Crippen LogP) is 23.1. The van der Waals surface area contributed by atoms with Gasteiger partial charge in [0, 0.05) is 114 Å². The van der Waals surface area contributed by atoms with Crippen LogP contribution in [0.4, 0.5) is 5.69 Å². The van der Waals surface area contributed by atoms with Crippen LogP contribution in [0.5, 0.6) is 5.75 Å². The van der Waals surface area contributed by atoms with Gasteiger partial charge in [0.1, 0.15) is 34.4 Å². The van der Waals surface area contributed by atoms with E-state index in [2.05, 4.69) is 70.2 Å². The van der Waals surface area contributed by atoms with Gasteiger partial charge in [0.2, 0.25) is 0 Å². The highest BCUT2D eigenvalue weighted by molar-refractivity contribution is 6.31. The Balaban J connectivity index is 0.000000129. The Hall–Kier alpha value is -14.1. The largest absolute Gasteiger partial charge is 0.424 e. The second-order valence-corrected chi connectivity index (χ2v) is 34.2. The molecule has 0 aliphatic heterocycles. The summed E-state index contributed by atoms with van der Waals surface area (Å²) in [6.45, 7) is 10.2. The first kappa shape index (κ1) is 89.3. The van der Waals surface area contributed by atoms with E-state index in [1.54, 1.807) is 34.8 Å². The highest BCUT2D eigenvalue weighted by Gasteiger charge is 2.29. The van der Waals surface area contributed by atoms with Gasteiger partial charge in [-0.3, -0.25) is 29.3 Å². The van der Waals surface area contributed by atoms with Gasteiger partial charge in [-0.25, -0.2) is 22.9 Å².